The van der Waals surface area contributed by atoms with Crippen molar-refractivity contribution >= 4 is 19.9 Å². The summed E-state index contributed by atoms with van der Waals surface area (Å²) >= 11 is 0. The summed E-state index contributed by atoms with van der Waals surface area (Å²) in [6.07, 6.45) is 0. The molecular weight excluding hydrogens is 429 g/mol. The molecule has 1 fully saturated rings. The van der Waals surface area contributed by atoms with Gasteiger partial charge in [0.05, 0.1) is 15.0 Å². The molecule has 1 aliphatic heterocycles. The lowest BCUT2D eigenvalue weighted by molar-refractivity contribution is 0.309. The molecule has 30 heavy (non-hydrogen) atoms. The number of para-hydroxylation sites is 1. The van der Waals surface area contributed by atoms with E-state index in [1.807, 2.05) is 18.2 Å². The molecule has 9 heteroatoms. The van der Waals surface area contributed by atoms with Gasteiger partial charge in [-0.2, -0.15) is 4.31 Å². The predicted molar refractivity (Wildman–Crippen MR) is 109 cm³/mol. The van der Waals surface area contributed by atoms with E-state index in [2.05, 4.69) is 0 Å². The maximum atomic E-state index is 13.0. The van der Waals surface area contributed by atoms with Crippen molar-refractivity contribution in [3.63, 3.8) is 0 Å². The van der Waals surface area contributed by atoms with Crippen LogP contribution in [-0.2, 0) is 19.9 Å². The standard InChI is InChI=1S/C21H18FNO5S2/c22-16-6-10-19(11-7-16)29(24,25)21-14-23(15-21)30(26,27)20-12-8-18(9-13-20)28-17-4-2-1-3-5-17/h1-13,21H,14-15H2. The molecule has 1 saturated heterocycles. The third-order valence-corrected chi connectivity index (χ3v) is 8.79. The van der Waals surface area contributed by atoms with Crippen molar-refractivity contribution in [2.24, 2.45) is 0 Å². The van der Waals surface area contributed by atoms with Gasteiger partial charge in [0.1, 0.15) is 17.3 Å². The van der Waals surface area contributed by atoms with E-state index in [1.165, 1.54) is 24.3 Å². The molecule has 0 radical (unpaired) electrons. The molecule has 0 aliphatic carbocycles. The minimum atomic E-state index is -3.82. The second-order valence-corrected chi connectivity index (χ2v) is 11.0. The van der Waals surface area contributed by atoms with Gasteiger partial charge < -0.3 is 4.74 Å². The fraction of sp³-hybridized carbons (Fsp3) is 0.143. The van der Waals surface area contributed by atoms with Crippen molar-refractivity contribution in [1.82, 2.24) is 4.31 Å². The van der Waals surface area contributed by atoms with Crippen molar-refractivity contribution in [2.75, 3.05) is 13.1 Å². The monoisotopic (exact) mass is 447 g/mol. The van der Waals surface area contributed by atoms with Crippen LogP contribution in [0.1, 0.15) is 0 Å². The Balaban J connectivity index is 1.44. The summed E-state index contributed by atoms with van der Waals surface area (Å²) < 4.78 is 70.5. The molecule has 0 bridgehead atoms. The maximum absolute atomic E-state index is 13.0. The van der Waals surface area contributed by atoms with Gasteiger partial charge in [0.2, 0.25) is 10.0 Å². The van der Waals surface area contributed by atoms with Crippen LogP contribution in [0.2, 0.25) is 0 Å². The minimum Gasteiger partial charge on any atom is -0.457 e. The first-order chi connectivity index (χ1) is 14.3. The number of hydrogen-bond donors (Lipinski definition) is 0. The lowest BCUT2D eigenvalue weighted by Crippen LogP contribution is -2.56. The number of rotatable bonds is 6. The van der Waals surface area contributed by atoms with Gasteiger partial charge in [0.15, 0.2) is 9.84 Å². The quantitative estimate of drug-likeness (QED) is 0.541. The molecular formula is C21H18FNO5S2. The molecule has 3 aromatic rings. The Morgan fingerprint density at radius 3 is 1.87 bits per heavy atom. The van der Waals surface area contributed by atoms with Gasteiger partial charge in [-0.25, -0.2) is 21.2 Å². The first-order valence-corrected chi connectivity index (χ1v) is 12.1. The third-order valence-electron chi connectivity index (χ3n) is 4.84. The Morgan fingerprint density at radius 2 is 1.27 bits per heavy atom. The average Bonchev–Trinajstić information content (AvgIpc) is 2.68. The van der Waals surface area contributed by atoms with E-state index in [9.17, 15) is 21.2 Å². The molecule has 0 spiro atoms. The molecule has 0 saturated carbocycles. The van der Waals surface area contributed by atoms with Crippen molar-refractivity contribution in [2.45, 2.75) is 15.0 Å². The second kappa shape index (κ2) is 7.82. The second-order valence-electron chi connectivity index (χ2n) is 6.83. The fourth-order valence-corrected chi connectivity index (χ4v) is 6.44. The molecule has 0 aromatic heterocycles. The highest BCUT2D eigenvalue weighted by molar-refractivity contribution is 7.92. The van der Waals surface area contributed by atoms with Gasteiger partial charge in [0.25, 0.3) is 0 Å². The van der Waals surface area contributed by atoms with Gasteiger partial charge in [-0.3, -0.25) is 0 Å². The Bertz CT molecular complexity index is 1240. The van der Waals surface area contributed by atoms with Crippen LogP contribution in [0, 0.1) is 5.82 Å². The van der Waals surface area contributed by atoms with Crippen LogP contribution < -0.4 is 4.74 Å². The molecule has 0 atom stereocenters. The van der Waals surface area contributed by atoms with E-state index in [4.69, 9.17) is 4.74 Å². The van der Waals surface area contributed by atoms with E-state index in [1.54, 1.807) is 24.3 Å². The number of nitrogens with zero attached hydrogens (tertiary/aromatic N) is 1. The normalized spacial score (nSPS) is 15.5. The number of sulfonamides is 1. The van der Waals surface area contributed by atoms with Crippen LogP contribution in [0.3, 0.4) is 0 Å². The zero-order valence-electron chi connectivity index (χ0n) is 15.7. The summed E-state index contributed by atoms with van der Waals surface area (Å²) in [5.74, 6) is 0.580. The van der Waals surface area contributed by atoms with Gasteiger partial charge in [-0.1, -0.05) is 18.2 Å². The van der Waals surface area contributed by atoms with Crippen molar-refractivity contribution < 1.29 is 26.0 Å². The summed E-state index contributed by atoms with van der Waals surface area (Å²) in [5, 5.41) is -0.863. The first kappa shape index (κ1) is 20.5. The summed E-state index contributed by atoms with van der Waals surface area (Å²) in [4.78, 5) is 0.0360. The minimum absolute atomic E-state index is 0.0200. The molecule has 0 N–H and O–H groups in total. The SMILES string of the molecule is O=S(=O)(c1ccc(F)cc1)C1CN(S(=O)(=O)c2ccc(Oc3ccccc3)cc2)C1. The zero-order chi connectivity index (χ0) is 21.4. The van der Waals surface area contributed by atoms with Gasteiger partial charge >= 0.3 is 0 Å². The van der Waals surface area contributed by atoms with Gasteiger partial charge in [-0.15, -0.1) is 0 Å². The Morgan fingerprint density at radius 1 is 0.733 bits per heavy atom. The van der Waals surface area contributed by atoms with Crippen LogP contribution in [0.15, 0.2) is 88.7 Å². The maximum Gasteiger partial charge on any atom is 0.243 e. The lowest BCUT2D eigenvalue weighted by atomic mass is 10.3. The van der Waals surface area contributed by atoms with E-state index < -0.39 is 30.9 Å². The Labute approximate surface area is 174 Å². The van der Waals surface area contributed by atoms with Crippen LogP contribution in [0.4, 0.5) is 4.39 Å². The number of hydrogen-bond acceptors (Lipinski definition) is 5. The van der Waals surface area contributed by atoms with Crippen molar-refractivity contribution in [3.05, 3.63) is 84.7 Å². The number of ether oxygens (including phenoxy) is 1. The Hall–Kier alpha value is -2.75. The first-order valence-electron chi connectivity index (χ1n) is 9.09. The number of benzene rings is 3. The third kappa shape index (κ3) is 3.96. The summed E-state index contributed by atoms with van der Waals surface area (Å²) in [6.45, 7) is -0.297. The molecule has 4 rings (SSSR count). The molecule has 6 nitrogen and oxygen atoms in total. The number of sulfone groups is 1. The summed E-state index contributed by atoms with van der Waals surface area (Å²) in [5.41, 5.74) is 0. The van der Waals surface area contributed by atoms with E-state index in [-0.39, 0.29) is 22.9 Å². The summed E-state index contributed by atoms with van der Waals surface area (Å²) in [7, 11) is -7.55. The van der Waals surface area contributed by atoms with Crippen LogP contribution in [0.25, 0.3) is 0 Å². The molecule has 1 heterocycles. The van der Waals surface area contributed by atoms with E-state index in [0.717, 1.165) is 16.4 Å². The predicted octanol–water partition coefficient (Wildman–Crippen LogP) is 3.46. The topological polar surface area (TPSA) is 80.8 Å². The smallest absolute Gasteiger partial charge is 0.243 e. The summed E-state index contributed by atoms with van der Waals surface area (Å²) in [6, 6.07) is 19.5. The molecule has 0 amide bonds. The fourth-order valence-electron chi connectivity index (χ4n) is 3.06. The average molecular weight is 448 g/mol. The van der Waals surface area contributed by atoms with Crippen LogP contribution >= 0.6 is 0 Å². The molecule has 0 unspecified atom stereocenters. The van der Waals surface area contributed by atoms with Gasteiger partial charge in [0, 0.05) is 13.1 Å². The van der Waals surface area contributed by atoms with Crippen LogP contribution in [-0.4, -0.2) is 39.5 Å². The van der Waals surface area contributed by atoms with E-state index in [0.29, 0.717) is 11.5 Å². The number of halogens is 1. The van der Waals surface area contributed by atoms with Crippen molar-refractivity contribution in [1.29, 1.82) is 0 Å². The molecule has 1 aliphatic rings. The molecule has 156 valence electrons. The van der Waals surface area contributed by atoms with Gasteiger partial charge in [-0.05, 0) is 60.7 Å². The van der Waals surface area contributed by atoms with Crippen molar-refractivity contribution in [3.8, 4) is 11.5 Å². The Kier molecular flexibility index (Phi) is 5.35. The largest absolute Gasteiger partial charge is 0.457 e. The van der Waals surface area contributed by atoms with E-state index >= 15 is 0 Å². The highest BCUT2D eigenvalue weighted by Crippen LogP contribution is 2.30. The van der Waals surface area contributed by atoms with Crippen LogP contribution in [0.5, 0.6) is 11.5 Å². The highest BCUT2D eigenvalue weighted by atomic mass is 32.2. The highest BCUT2D eigenvalue weighted by Gasteiger charge is 2.44. The molecule has 3 aromatic carbocycles. The lowest BCUT2D eigenvalue weighted by Gasteiger charge is -2.37. The zero-order valence-corrected chi connectivity index (χ0v) is 17.3.